The van der Waals surface area contributed by atoms with Crippen LogP contribution in [0.1, 0.15) is 51.0 Å². The Morgan fingerprint density at radius 1 is 1.27 bits per heavy atom. The molecular weight excluding hydrogens is 274 g/mol. The predicted octanol–water partition coefficient (Wildman–Crippen LogP) is 3.55. The fraction of sp³-hybridized carbons (Fsp3) is 0.684. The summed E-state index contributed by atoms with van der Waals surface area (Å²) < 4.78 is 5.41. The summed E-state index contributed by atoms with van der Waals surface area (Å²) in [6.45, 7) is 3.25. The molecule has 1 aliphatic carbocycles. The molecule has 0 aliphatic heterocycles. The Morgan fingerprint density at radius 2 is 2.05 bits per heavy atom. The highest BCUT2D eigenvalue weighted by molar-refractivity contribution is 5.33. The number of aliphatic hydroxyl groups excluding tert-OH is 1. The van der Waals surface area contributed by atoms with Gasteiger partial charge in [0.05, 0.1) is 13.2 Å². The number of rotatable bonds is 8. The summed E-state index contributed by atoms with van der Waals surface area (Å²) in [4.78, 5) is 0. The lowest BCUT2D eigenvalue weighted by Gasteiger charge is -2.27. The van der Waals surface area contributed by atoms with E-state index in [1.54, 1.807) is 7.11 Å². The zero-order valence-electron chi connectivity index (χ0n) is 14.1. The van der Waals surface area contributed by atoms with Crippen LogP contribution in [0, 0.1) is 5.92 Å². The number of aliphatic hydroxyl groups is 1. The van der Waals surface area contributed by atoms with Crippen LogP contribution in [-0.4, -0.2) is 30.9 Å². The molecule has 0 radical (unpaired) electrons. The largest absolute Gasteiger partial charge is 0.496 e. The first kappa shape index (κ1) is 17.3. The standard InChI is InChI=1S/C19H31NO2/c1-15(14-17-9-4-6-12-19(17)22-2)20-13-7-10-16-8-3-5-11-18(16)21/h4,6,9,12,15-16,18,20-21H,3,5,7-8,10-11,13-14H2,1-2H3. The average Bonchev–Trinajstić information content (AvgIpc) is 2.53. The maximum atomic E-state index is 10.00. The van der Waals surface area contributed by atoms with Crippen molar-refractivity contribution in [2.45, 2.75) is 64.0 Å². The third-order valence-electron chi connectivity index (χ3n) is 4.83. The number of para-hydroxylation sites is 1. The summed E-state index contributed by atoms with van der Waals surface area (Å²) in [6.07, 6.45) is 7.93. The highest BCUT2D eigenvalue weighted by atomic mass is 16.5. The molecule has 1 saturated carbocycles. The van der Waals surface area contributed by atoms with E-state index in [1.807, 2.05) is 12.1 Å². The van der Waals surface area contributed by atoms with Gasteiger partial charge in [0.25, 0.3) is 0 Å². The van der Waals surface area contributed by atoms with Gasteiger partial charge in [0.15, 0.2) is 0 Å². The Labute approximate surface area is 135 Å². The molecule has 0 aromatic heterocycles. The average molecular weight is 305 g/mol. The highest BCUT2D eigenvalue weighted by Gasteiger charge is 2.22. The second kappa shape index (κ2) is 9.16. The van der Waals surface area contributed by atoms with Crippen molar-refractivity contribution in [3.8, 4) is 5.75 Å². The molecular formula is C19H31NO2. The lowest BCUT2D eigenvalue weighted by molar-refractivity contribution is 0.0642. The van der Waals surface area contributed by atoms with Crippen LogP contribution in [0.15, 0.2) is 24.3 Å². The molecule has 3 unspecified atom stereocenters. The number of nitrogens with one attached hydrogen (secondary N) is 1. The lowest BCUT2D eigenvalue weighted by atomic mass is 9.83. The maximum Gasteiger partial charge on any atom is 0.122 e. The zero-order chi connectivity index (χ0) is 15.8. The molecule has 0 heterocycles. The van der Waals surface area contributed by atoms with Crippen LogP contribution < -0.4 is 10.1 Å². The first-order valence-electron chi connectivity index (χ1n) is 8.74. The second-order valence-corrected chi connectivity index (χ2v) is 6.63. The van der Waals surface area contributed by atoms with E-state index in [1.165, 1.54) is 24.8 Å². The van der Waals surface area contributed by atoms with E-state index in [0.29, 0.717) is 12.0 Å². The molecule has 22 heavy (non-hydrogen) atoms. The van der Waals surface area contributed by atoms with Gasteiger partial charge in [0.1, 0.15) is 5.75 Å². The van der Waals surface area contributed by atoms with E-state index in [-0.39, 0.29) is 6.10 Å². The molecule has 3 heteroatoms. The van der Waals surface area contributed by atoms with Crippen LogP contribution in [0.2, 0.25) is 0 Å². The van der Waals surface area contributed by atoms with Crippen molar-refractivity contribution in [2.24, 2.45) is 5.92 Å². The minimum absolute atomic E-state index is 0.0558. The molecule has 124 valence electrons. The molecule has 0 spiro atoms. The summed E-state index contributed by atoms with van der Waals surface area (Å²) in [5, 5.41) is 13.6. The smallest absolute Gasteiger partial charge is 0.122 e. The molecule has 0 bridgehead atoms. The molecule has 1 aliphatic rings. The van der Waals surface area contributed by atoms with Crippen LogP contribution in [0.5, 0.6) is 5.75 Å². The highest BCUT2D eigenvalue weighted by Crippen LogP contribution is 2.27. The normalized spacial score (nSPS) is 23.2. The van der Waals surface area contributed by atoms with Crippen molar-refractivity contribution in [3.05, 3.63) is 29.8 Å². The van der Waals surface area contributed by atoms with Gasteiger partial charge < -0.3 is 15.2 Å². The number of methoxy groups -OCH3 is 1. The Kier molecular flexibility index (Phi) is 7.20. The number of benzene rings is 1. The van der Waals surface area contributed by atoms with Crippen LogP contribution in [0.3, 0.4) is 0 Å². The minimum Gasteiger partial charge on any atom is -0.496 e. The number of ether oxygens (including phenoxy) is 1. The van der Waals surface area contributed by atoms with E-state index >= 15 is 0 Å². The van der Waals surface area contributed by atoms with Crippen LogP contribution in [-0.2, 0) is 6.42 Å². The summed E-state index contributed by atoms with van der Waals surface area (Å²) in [6, 6.07) is 8.67. The molecule has 2 rings (SSSR count). The van der Waals surface area contributed by atoms with Crippen LogP contribution in [0.4, 0.5) is 0 Å². The topological polar surface area (TPSA) is 41.5 Å². The maximum absolute atomic E-state index is 10.00. The van der Waals surface area contributed by atoms with Gasteiger partial charge in [-0.1, -0.05) is 31.0 Å². The van der Waals surface area contributed by atoms with Crippen LogP contribution >= 0.6 is 0 Å². The molecule has 1 aromatic carbocycles. The first-order valence-corrected chi connectivity index (χ1v) is 8.74. The fourth-order valence-corrected chi connectivity index (χ4v) is 3.51. The third kappa shape index (κ3) is 5.29. The molecule has 0 saturated heterocycles. The van der Waals surface area contributed by atoms with Gasteiger partial charge in [-0.3, -0.25) is 0 Å². The predicted molar refractivity (Wildman–Crippen MR) is 91.4 cm³/mol. The Hall–Kier alpha value is -1.06. The van der Waals surface area contributed by atoms with E-state index in [0.717, 1.165) is 38.0 Å². The summed E-state index contributed by atoms with van der Waals surface area (Å²) in [5.41, 5.74) is 1.26. The van der Waals surface area contributed by atoms with Crippen molar-refractivity contribution in [2.75, 3.05) is 13.7 Å². The molecule has 3 atom stereocenters. The quantitative estimate of drug-likeness (QED) is 0.722. The van der Waals surface area contributed by atoms with Gasteiger partial charge in [0.2, 0.25) is 0 Å². The summed E-state index contributed by atoms with van der Waals surface area (Å²) in [7, 11) is 1.73. The van der Waals surface area contributed by atoms with Gasteiger partial charge in [0, 0.05) is 6.04 Å². The fourth-order valence-electron chi connectivity index (χ4n) is 3.51. The monoisotopic (exact) mass is 305 g/mol. The van der Waals surface area contributed by atoms with Gasteiger partial charge in [-0.15, -0.1) is 0 Å². The third-order valence-corrected chi connectivity index (χ3v) is 4.83. The minimum atomic E-state index is -0.0558. The van der Waals surface area contributed by atoms with E-state index < -0.39 is 0 Å². The molecule has 3 nitrogen and oxygen atoms in total. The van der Waals surface area contributed by atoms with Crippen molar-refractivity contribution >= 4 is 0 Å². The van der Waals surface area contributed by atoms with Gasteiger partial charge >= 0.3 is 0 Å². The molecule has 2 N–H and O–H groups in total. The van der Waals surface area contributed by atoms with E-state index in [9.17, 15) is 5.11 Å². The molecule has 0 amide bonds. The number of hydrogen-bond acceptors (Lipinski definition) is 3. The lowest BCUT2D eigenvalue weighted by Crippen LogP contribution is -2.30. The SMILES string of the molecule is COc1ccccc1CC(C)NCCCC1CCCCC1O. The Balaban J connectivity index is 1.66. The van der Waals surface area contributed by atoms with Crippen LogP contribution in [0.25, 0.3) is 0 Å². The van der Waals surface area contributed by atoms with Crippen molar-refractivity contribution in [1.82, 2.24) is 5.32 Å². The van der Waals surface area contributed by atoms with E-state index in [4.69, 9.17) is 4.74 Å². The van der Waals surface area contributed by atoms with E-state index in [2.05, 4.69) is 24.4 Å². The molecule has 1 aromatic rings. The second-order valence-electron chi connectivity index (χ2n) is 6.63. The van der Waals surface area contributed by atoms with Gasteiger partial charge in [-0.2, -0.15) is 0 Å². The molecule has 1 fully saturated rings. The van der Waals surface area contributed by atoms with Crippen molar-refractivity contribution in [3.63, 3.8) is 0 Å². The van der Waals surface area contributed by atoms with Gasteiger partial charge in [-0.05, 0) is 63.1 Å². The Morgan fingerprint density at radius 3 is 2.82 bits per heavy atom. The van der Waals surface area contributed by atoms with Gasteiger partial charge in [-0.25, -0.2) is 0 Å². The first-order chi connectivity index (χ1) is 10.7. The zero-order valence-corrected chi connectivity index (χ0v) is 14.1. The summed E-state index contributed by atoms with van der Waals surface area (Å²) in [5.74, 6) is 1.50. The summed E-state index contributed by atoms with van der Waals surface area (Å²) >= 11 is 0. The van der Waals surface area contributed by atoms with Crippen molar-refractivity contribution < 1.29 is 9.84 Å². The van der Waals surface area contributed by atoms with Crippen molar-refractivity contribution in [1.29, 1.82) is 0 Å². The number of hydrogen-bond donors (Lipinski definition) is 2. The Bertz CT molecular complexity index is 435.